The number of piperidine rings is 1. The molecular weight excluding hydrogens is 255 g/mol. The number of rotatable bonds is 4. The van der Waals surface area contributed by atoms with Crippen molar-refractivity contribution in [3.8, 4) is 0 Å². The molecule has 1 heterocycles. The molecule has 3 N–H and O–H groups in total. The van der Waals surface area contributed by atoms with Crippen LogP contribution in [-0.4, -0.2) is 43.5 Å². The number of hydrogen-bond acceptors (Lipinski definition) is 3. The molecule has 110 valence electrons. The van der Waals surface area contributed by atoms with Crippen LogP contribution in [0, 0.1) is 11.2 Å². The zero-order valence-corrected chi connectivity index (χ0v) is 12.2. The Hall–Kier alpha value is -1.62. The lowest BCUT2D eigenvalue weighted by Crippen LogP contribution is -2.43. The molecule has 0 spiro atoms. The van der Waals surface area contributed by atoms with E-state index >= 15 is 0 Å². The third kappa shape index (κ3) is 3.10. The van der Waals surface area contributed by atoms with Crippen molar-refractivity contribution in [2.45, 2.75) is 25.8 Å². The van der Waals surface area contributed by atoms with Gasteiger partial charge in [0.2, 0.25) is 0 Å². The molecule has 0 aliphatic carbocycles. The summed E-state index contributed by atoms with van der Waals surface area (Å²) in [5.41, 5.74) is 6.40. The molecule has 1 fully saturated rings. The topological polar surface area (TPSA) is 56.4 Å². The molecule has 0 unspecified atom stereocenters. The lowest BCUT2D eigenvalue weighted by molar-refractivity contribution is 0.220. The number of hydrogen-bond donors (Lipinski definition) is 2. The second-order valence-corrected chi connectivity index (χ2v) is 5.36. The van der Waals surface area contributed by atoms with Crippen molar-refractivity contribution >= 4 is 11.5 Å². The molecule has 2 rings (SSSR count). The van der Waals surface area contributed by atoms with Crippen LogP contribution in [0.5, 0.6) is 0 Å². The van der Waals surface area contributed by atoms with Gasteiger partial charge in [-0.2, -0.15) is 0 Å². The highest BCUT2D eigenvalue weighted by Gasteiger charge is 2.23. The van der Waals surface area contributed by atoms with Gasteiger partial charge in [0, 0.05) is 31.7 Å². The molecule has 1 aliphatic heterocycles. The summed E-state index contributed by atoms with van der Waals surface area (Å²) in [4.78, 5) is 4.44. The van der Waals surface area contributed by atoms with Crippen molar-refractivity contribution in [1.82, 2.24) is 4.90 Å². The van der Waals surface area contributed by atoms with Crippen LogP contribution in [0.15, 0.2) is 18.2 Å². The average Bonchev–Trinajstić information content (AvgIpc) is 2.46. The normalized spacial score (nSPS) is 17.1. The summed E-state index contributed by atoms with van der Waals surface area (Å²) in [6.45, 7) is 5.39. The largest absolute Gasteiger partial charge is 0.384 e. The lowest BCUT2D eigenvalue weighted by atomic mass is 10.0. The minimum absolute atomic E-state index is 0.102. The fourth-order valence-corrected chi connectivity index (χ4v) is 2.78. The predicted molar refractivity (Wildman–Crippen MR) is 81.0 cm³/mol. The number of anilines is 1. The molecule has 1 aromatic rings. The van der Waals surface area contributed by atoms with Crippen molar-refractivity contribution in [2.75, 3.05) is 31.6 Å². The van der Waals surface area contributed by atoms with Gasteiger partial charge in [-0.25, -0.2) is 4.39 Å². The van der Waals surface area contributed by atoms with Gasteiger partial charge in [0.1, 0.15) is 11.7 Å². The van der Waals surface area contributed by atoms with E-state index in [1.54, 1.807) is 12.1 Å². The third-order valence-corrected chi connectivity index (χ3v) is 4.19. The van der Waals surface area contributed by atoms with Crippen molar-refractivity contribution in [2.24, 2.45) is 5.73 Å². The Bertz CT molecular complexity index is 481. The molecule has 5 heteroatoms. The van der Waals surface area contributed by atoms with Gasteiger partial charge in [-0.1, -0.05) is 6.92 Å². The number of halogens is 1. The summed E-state index contributed by atoms with van der Waals surface area (Å²) in [6.07, 6.45) is 2.11. The first-order valence-electron chi connectivity index (χ1n) is 7.12. The quantitative estimate of drug-likeness (QED) is 0.654. The number of nitrogens with two attached hydrogens (primary N) is 1. The van der Waals surface area contributed by atoms with Gasteiger partial charge in [0.25, 0.3) is 0 Å². The number of nitrogens with one attached hydrogen (secondary N) is 1. The second-order valence-electron chi connectivity index (χ2n) is 5.36. The number of nitrogens with zero attached hydrogens (tertiary/aromatic N) is 2. The van der Waals surface area contributed by atoms with E-state index in [-0.39, 0.29) is 11.7 Å². The molecule has 0 radical (unpaired) electrons. The van der Waals surface area contributed by atoms with Gasteiger partial charge in [-0.3, -0.25) is 5.41 Å². The van der Waals surface area contributed by atoms with E-state index in [4.69, 9.17) is 11.1 Å². The summed E-state index contributed by atoms with van der Waals surface area (Å²) in [5, 5.41) is 7.34. The minimum Gasteiger partial charge on any atom is -0.384 e. The lowest BCUT2D eigenvalue weighted by Gasteiger charge is -2.37. The Morgan fingerprint density at radius 2 is 2.10 bits per heavy atom. The maximum Gasteiger partial charge on any atom is 0.147 e. The van der Waals surface area contributed by atoms with Crippen molar-refractivity contribution in [3.63, 3.8) is 0 Å². The molecule has 1 aliphatic rings. The van der Waals surface area contributed by atoms with Gasteiger partial charge >= 0.3 is 0 Å². The Kier molecular flexibility index (Phi) is 4.60. The maximum absolute atomic E-state index is 14.2. The molecule has 1 aromatic carbocycles. The van der Waals surface area contributed by atoms with Crippen LogP contribution in [0.2, 0.25) is 0 Å². The van der Waals surface area contributed by atoms with Crippen LogP contribution in [0.1, 0.15) is 25.3 Å². The highest BCUT2D eigenvalue weighted by molar-refractivity contribution is 5.95. The zero-order chi connectivity index (χ0) is 14.7. The number of likely N-dealkylation sites (tertiary alicyclic amines) is 1. The van der Waals surface area contributed by atoms with Gasteiger partial charge in [-0.05, 0) is 37.6 Å². The van der Waals surface area contributed by atoms with Gasteiger partial charge in [0.05, 0.1) is 5.69 Å². The van der Waals surface area contributed by atoms with Crippen LogP contribution in [0.3, 0.4) is 0 Å². The first-order chi connectivity index (χ1) is 9.52. The van der Waals surface area contributed by atoms with Gasteiger partial charge in [0.15, 0.2) is 0 Å². The van der Waals surface area contributed by atoms with E-state index in [0.717, 1.165) is 32.5 Å². The minimum atomic E-state index is -0.307. The van der Waals surface area contributed by atoms with E-state index in [1.807, 2.05) is 11.9 Å². The van der Waals surface area contributed by atoms with Crippen LogP contribution in [-0.2, 0) is 0 Å². The smallest absolute Gasteiger partial charge is 0.147 e. The standard InChI is InChI=1S/C15H23FN4/c1-3-20-8-6-12(7-9-20)19(2)14-5-4-11(15(17)18)10-13(14)16/h4-5,10,12H,3,6-9H2,1-2H3,(H3,17,18). The summed E-state index contributed by atoms with van der Waals surface area (Å²) in [5.74, 6) is -0.410. The monoisotopic (exact) mass is 278 g/mol. The van der Waals surface area contributed by atoms with E-state index in [1.165, 1.54) is 6.07 Å². The fourth-order valence-electron chi connectivity index (χ4n) is 2.78. The number of benzene rings is 1. The van der Waals surface area contributed by atoms with Crippen LogP contribution in [0.25, 0.3) is 0 Å². The van der Waals surface area contributed by atoms with E-state index in [2.05, 4.69) is 11.8 Å². The van der Waals surface area contributed by atoms with Crippen LogP contribution in [0.4, 0.5) is 10.1 Å². The molecule has 0 bridgehead atoms. The molecular formula is C15H23FN4. The third-order valence-electron chi connectivity index (χ3n) is 4.19. The maximum atomic E-state index is 14.2. The first kappa shape index (κ1) is 14.8. The van der Waals surface area contributed by atoms with Crippen molar-refractivity contribution < 1.29 is 4.39 Å². The SMILES string of the molecule is CCN1CCC(N(C)c2ccc(C(=N)N)cc2F)CC1. The number of nitrogen functional groups attached to an aromatic ring is 1. The fraction of sp³-hybridized carbons (Fsp3) is 0.533. The molecule has 0 aromatic heterocycles. The Balaban J connectivity index is 2.09. The van der Waals surface area contributed by atoms with Crippen LogP contribution >= 0.6 is 0 Å². The molecule has 0 atom stereocenters. The molecule has 20 heavy (non-hydrogen) atoms. The van der Waals surface area contributed by atoms with Crippen molar-refractivity contribution in [1.29, 1.82) is 5.41 Å². The van der Waals surface area contributed by atoms with Gasteiger partial charge < -0.3 is 15.5 Å². The zero-order valence-electron chi connectivity index (χ0n) is 12.2. The molecule has 1 saturated heterocycles. The Labute approximate surface area is 119 Å². The predicted octanol–water partition coefficient (Wildman–Crippen LogP) is 2.03. The highest BCUT2D eigenvalue weighted by atomic mass is 19.1. The Morgan fingerprint density at radius 1 is 1.45 bits per heavy atom. The number of amidine groups is 1. The summed E-state index contributed by atoms with van der Waals surface area (Å²) in [7, 11) is 1.94. The van der Waals surface area contributed by atoms with E-state index < -0.39 is 0 Å². The van der Waals surface area contributed by atoms with E-state index in [9.17, 15) is 4.39 Å². The first-order valence-corrected chi connectivity index (χ1v) is 7.12. The highest BCUT2D eigenvalue weighted by Crippen LogP contribution is 2.25. The van der Waals surface area contributed by atoms with Crippen LogP contribution < -0.4 is 10.6 Å². The summed E-state index contributed by atoms with van der Waals surface area (Å²) in [6, 6.07) is 5.14. The molecule has 0 saturated carbocycles. The summed E-state index contributed by atoms with van der Waals surface area (Å²) < 4.78 is 14.2. The Morgan fingerprint density at radius 3 is 2.60 bits per heavy atom. The van der Waals surface area contributed by atoms with Gasteiger partial charge in [-0.15, -0.1) is 0 Å². The molecule has 4 nitrogen and oxygen atoms in total. The summed E-state index contributed by atoms with van der Waals surface area (Å²) >= 11 is 0. The average molecular weight is 278 g/mol. The second kappa shape index (κ2) is 6.22. The van der Waals surface area contributed by atoms with Crippen molar-refractivity contribution in [3.05, 3.63) is 29.6 Å². The van der Waals surface area contributed by atoms with E-state index in [0.29, 0.717) is 17.3 Å². The molecule has 0 amide bonds.